The average Bonchev–Trinajstić information content (AvgIpc) is 3.50. The van der Waals surface area contributed by atoms with Crippen LogP contribution >= 0.6 is 11.6 Å². The Labute approximate surface area is 255 Å². The lowest BCUT2D eigenvalue weighted by Crippen LogP contribution is -2.59. The van der Waals surface area contributed by atoms with Gasteiger partial charge in [-0.15, -0.1) is 0 Å². The summed E-state index contributed by atoms with van der Waals surface area (Å²) in [5, 5.41) is 11.2. The van der Waals surface area contributed by atoms with Gasteiger partial charge in [-0.2, -0.15) is 0 Å². The van der Waals surface area contributed by atoms with Gasteiger partial charge in [-0.1, -0.05) is 29.8 Å². The molecule has 5 rings (SSSR count). The Morgan fingerprint density at radius 1 is 0.977 bits per heavy atom. The van der Waals surface area contributed by atoms with Gasteiger partial charge < -0.3 is 24.2 Å². The third-order valence-corrected chi connectivity index (χ3v) is 9.85. The number of aliphatic hydroxyl groups is 1. The first-order valence-electron chi connectivity index (χ1n) is 13.3. The first kappa shape index (κ1) is 30.6. The molecule has 0 radical (unpaired) electrons. The molecule has 2 heterocycles. The normalized spacial score (nSPS) is 21.9. The van der Waals surface area contributed by atoms with Gasteiger partial charge in [0.15, 0.2) is 5.54 Å². The van der Waals surface area contributed by atoms with Crippen LogP contribution in [0.15, 0.2) is 65.6 Å². The van der Waals surface area contributed by atoms with Gasteiger partial charge in [-0.05, 0) is 42.8 Å². The van der Waals surface area contributed by atoms with Gasteiger partial charge in [-0.25, -0.2) is 12.7 Å². The van der Waals surface area contributed by atoms with Gasteiger partial charge >= 0.3 is 0 Å². The van der Waals surface area contributed by atoms with Crippen molar-refractivity contribution in [1.29, 1.82) is 0 Å². The molecule has 3 atom stereocenters. The van der Waals surface area contributed by atoms with E-state index in [0.29, 0.717) is 5.75 Å². The van der Waals surface area contributed by atoms with Crippen LogP contribution in [0.3, 0.4) is 0 Å². The summed E-state index contributed by atoms with van der Waals surface area (Å²) in [4.78, 5) is 31.4. The lowest BCUT2D eigenvalue weighted by molar-refractivity contribution is -0.138. The van der Waals surface area contributed by atoms with Gasteiger partial charge in [0, 0.05) is 42.9 Å². The molecule has 43 heavy (non-hydrogen) atoms. The number of amides is 2. The van der Waals surface area contributed by atoms with Crippen LogP contribution in [-0.2, 0) is 25.2 Å². The molecular weight excluding hydrogens is 597 g/mol. The number of anilines is 1. The highest BCUT2D eigenvalue weighted by atomic mass is 35.5. The molecule has 0 aromatic heterocycles. The van der Waals surface area contributed by atoms with E-state index in [-0.39, 0.29) is 57.1 Å². The van der Waals surface area contributed by atoms with Crippen molar-refractivity contribution in [3.63, 3.8) is 0 Å². The lowest BCUT2D eigenvalue weighted by Gasteiger charge is -2.42. The van der Waals surface area contributed by atoms with Gasteiger partial charge in [0.1, 0.15) is 22.1 Å². The minimum Gasteiger partial charge on any atom is -0.497 e. The summed E-state index contributed by atoms with van der Waals surface area (Å²) in [6.07, 6.45) is -0.959. The largest absolute Gasteiger partial charge is 0.497 e. The van der Waals surface area contributed by atoms with Crippen molar-refractivity contribution in [1.82, 2.24) is 9.80 Å². The number of carbonyl (C=O) groups excluding carboxylic acids is 2. The van der Waals surface area contributed by atoms with Gasteiger partial charge in [0.05, 0.1) is 39.2 Å². The van der Waals surface area contributed by atoms with E-state index < -0.39 is 33.6 Å². The number of benzene rings is 3. The number of ether oxygens (including phenoxy) is 3. The molecule has 1 fully saturated rings. The smallest absolute Gasteiger partial charge is 0.274 e. The van der Waals surface area contributed by atoms with Crippen LogP contribution in [-0.4, -0.2) is 89.3 Å². The number of carbonyl (C=O) groups is 2. The molecule has 2 amide bonds. The van der Waals surface area contributed by atoms with Crippen molar-refractivity contribution in [3.05, 3.63) is 76.8 Å². The molecule has 0 aliphatic carbocycles. The Bertz CT molecular complexity index is 1700. The number of rotatable bonds is 8. The average molecular weight is 629 g/mol. The summed E-state index contributed by atoms with van der Waals surface area (Å²) in [6, 6.07) is 14.3. The fourth-order valence-corrected chi connectivity index (χ4v) is 7.80. The molecule has 2 aliphatic heterocycles. The molecule has 0 spiro atoms. The number of aliphatic hydroxyl groups excluding tert-OH is 1. The quantitative estimate of drug-likeness (QED) is 0.401. The van der Waals surface area contributed by atoms with Crippen LogP contribution in [0.5, 0.6) is 17.2 Å². The van der Waals surface area contributed by atoms with E-state index in [1.807, 2.05) is 0 Å². The van der Waals surface area contributed by atoms with Crippen molar-refractivity contribution in [2.75, 3.05) is 46.3 Å². The molecule has 1 saturated heterocycles. The van der Waals surface area contributed by atoms with Crippen LogP contribution in [0.25, 0.3) is 0 Å². The number of β-amino-alcohol motifs (C(OH)–C–C–N with tert-alkyl or cyclic N) is 1. The summed E-state index contributed by atoms with van der Waals surface area (Å²) in [7, 11) is 2.70. The number of sulfonamides is 1. The van der Waals surface area contributed by atoms with E-state index in [4.69, 9.17) is 25.8 Å². The molecule has 228 valence electrons. The fraction of sp³-hybridized carbons (Fsp3) is 0.333. The van der Waals surface area contributed by atoms with Crippen molar-refractivity contribution in [2.45, 2.75) is 29.0 Å². The van der Waals surface area contributed by atoms with E-state index in [0.717, 1.165) is 4.31 Å². The number of halogens is 1. The molecule has 0 unspecified atom stereocenters. The van der Waals surface area contributed by atoms with Crippen LogP contribution in [0.2, 0.25) is 5.02 Å². The van der Waals surface area contributed by atoms with E-state index in [9.17, 15) is 18.3 Å². The maximum Gasteiger partial charge on any atom is 0.274 e. The number of fused-ring (bicyclic) bond motifs is 1. The summed E-state index contributed by atoms with van der Waals surface area (Å²) < 4.78 is 46.1. The number of nitrogens with zero attached hydrogens (tertiary/aromatic N) is 3. The Hall–Kier alpha value is -3.84. The highest BCUT2D eigenvalue weighted by Crippen LogP contribution is 2.55. The Morgan fingerprint density at radius 2 is 1.67 bits per heavy atom. The Kier molecular flexibility index (Phi) is 8.07. The number of likely N-dealkylation sites (N-methyl/N-ethyl adjacent to an activating group) is 1. The van der Waals surface area contributed by atoms with Crippen molar-refractivity contribution < 1.29 is 37.3 Å². The van der Waals surface area contributed by atoms with Crippen molar-refractivity contribution in [3.8, 4) is 17.2 Å². The topological polar surface area (TPSA) is 126 Å². The maximum absolute atomic E-state index is 15.2. The standard InChI is InChI=1S/C30H32ClN3O8S/c1-32(2)28(36)24-15-19(35)17-33(24)30(21-8-6-7-9-25(21)41-4)22-14-18(31)10-12-23(22)34(29(30)37)43(38,39)27-13-11-20(40-3)16-26(27)42-5/h6-14,16,19,24,35H,15,17H2,1-5H3/t19-,24+,30+/m1/s1/i3-1. The highest BCUT2D eigenvalue weighted by molar-refractivity contribution is 7.93. The van der Waals surface area contributed by atoms with Crippen LogP contribution in [0.4, 0.5) is 5.69 Å². The zero-order valence-electron chi connectivity index (χ0n) is 24.3. The zero-order valence-corrected chi connectivity index (χ0v) is 25.8. The summed E-state index contributed by atoms with van der Waals surface area (Å²) in [5.41, 5.74) is -1.39. The summed E-state index contributed by atoms with van der Waals surface area (Å²) >= 11 is 6.52. The number of methoxy groups -OCH3 is 3. The van der Waals surface area contributed by atoms with E-state index in [2.05, 4.69) is 0 Å². The third kappa shape index (κ3) is 4.69. The van der Waals surface area contributed by atoms with Crippen LogP contribution in [0, 0.1) is 0 Å². The number of para-hydroxylation sites is 1. The SMILES string of the molecule is COc1ccccc1[C@@]1(N2C[C@H](O)C[C@H]2C(=O)N(C)C)C(=O)N(S(=O)(=O)c2ccc(O[11CH3])cc2OC)c2ccc(Cl)cc21. The molecule has 1 N–H and O–H groups in total. The predicted molar refractivity (Wildman–Crippen MR) is 159 cm³/mol. The molecule has 0 saturated carbocycles. The molecular formula is C30H32ClN3O8S. The Balaban J connectivity index is 1.86. The van der Waals surface area contributed by atoms with Gasteiger partial charge in [0.25, 0.3) is 15.9 Å². The zero-order chi connectivity index (χ0) is 31.3. The molecule has 3 aromatic carbocycles. The second kappa shape index (κ2) is 11.3. The summed E-state index contributed by atoms with van der Waals surface area (Å²) in [5.74, 6) is -0.650. The van der Waals surface area contributed by atoms with E-state index in [1.165, 1.54) is 62.6 Å². The highest BCUT2D eigenvalue weighted by Gasteiger charge is 2.64. The molecule has 0 bridgehead atoms. The number of hydrogen-bond donors (Lipinski definition) is 1. The van der Waals surface area contributed by atoms with E-state index >= 15 is 4.79 Å². The first-order chi connectivity index (χ1) is 20.4. The number of likely N-dealkylation sites (tertiary alicyclic amines) is 1. The minimum absolute atomic E-state index is 0.0240. The van der Waals surface area contributed by atoms with Gasteiger partial charge in [-0.3, -0.25) is 14.5 Å². The monoisotopic (exact) mass is 628 g/mol. The van der Waals surface area contributed by atoms with Crippen molar-refractivity contribution >= 4 is 39.1 Å². The third-order valence-electron chi connectivity index (χ3n) is 7.88. The summed E-state index contributed by atoms with van der Waals surface area (Å²) in [6.45, 7) is -0.111. The predicted octanol–water partition coefficient (Wildman–Crippen LogP) is 2.87. The molecule has 11 nitrogen and oxygen atoms in total. The fourth-order valence-electron chi connectivity index (χ4n) is 6.02. The molecule has 2 aliphatic rings. The van der Waals surface area contributed by atoms with Gasteiger partial charge in [0.2, 0.25) is 5.91 Å². The van der Waals surface area contributed by atoms with Crippen LogP contribution < -0.4 is 18.5 Å². The second-order valence-electron chi connectivity index (χ2n) is 10.5. The molecule has 3 aromatic rings. The lowest BCUT2D eigenvalue weighted by atomic mass is 9.80. The van der Waals surface area contributed by atoms with Crippen molar-refractivity contribution in [2.24, 2.45) is 0 Å². The van der Waals surface area contributed by atoms with Crippen LogP contribution in [0.1, 0.15) is 17.5 Å². The van der Waals surface area contributed by atoms with E-state index in [1.54, 1.807) is 43.3 Å². The first-order valence-corrected chi connectivity index (χ1v) is 15.2. The minimum atomic E-state index is -4.64. The maximum atomic E-state index is 15.2. The number of hydrogen-bond acceptors (Lipinski definition) is 9. The Morgan fingerprint density at radius 3 is 2.33 bits per heavy atom. The molecule has 13 heteroatoms. The second-order valence-corrected chi connectivity index (χ2v) is 12.6.